The van der Waals surface area contributed by atoms with E-state index in [4.69, 9.17) is 0 Å². The largest absolute Gasteiger partial charge is 0.379 e. The molecule has 4 rings (SSSR count). The normalized spacial score (nSPS) is 16.7. The molecule has 3 aromatic carbocycles. The van der Waals surface area contributed by atoms with Crippen LogP contribution in [0.2, 0.25) is 0 Å². The molecule has 7 heteroatoms. The molecule has 32 heavy (non-hydrogen) atoms. The number of hydrogen-bond donors (Lipinski definition) is 2. The van der Waals surface area contributed by atoms with Crippen LogP contribution in [0.5, 0.6) is 0 Å². The molecule has 1 fully saturated rings. The summed E-state index contributed by atoms with van der Waals surface area (Å²) in [6, 6.07) is 20.3. The van der Waals surface area contributed by atoms with E-state index in [1.807, 2.05) is 42.5 Å². The smallest absolute Gasteiger partial charge is 0.239 e. The van der Waals surface area contributed by atoms with Crippen molar-refractivity contribution in [2.45, 2.75) is 19.4 Å². The molecule has 0 saturated carbocycles. The zero-order valence-electron chi connectivity index (χ0n) is 17.5. The van der Waals surface area contributed by atoms with Gasteiger partial charge in [0.25, 0.3) is 0 Å². The van der Waals surface area contributed by atoms with Crippen LogP contribution in [0.15, 0.2) is 72.8 Å². The summed E-state index contributed by atoms with van der Waals surface area (Å²) >= 11 is 0. The van der Waals surface area contributed by atoms with Gasteiger partial charge in [0.15, 0.2) is 0 Å². The monoisotopic (exact) mass is 435 g/mol. The van der Waals surface area contributed by atoms with Gasteiger partial charge in [0.2, 0.25) is 11.8 Å². The number of nitrogens with one attached hydrogen (secondary N) is 2. The zero-order chi connectivity index (χ0) is 22.7. The van der Waals surface area contributed by atoms with Gasteiger partial charge in [-0.15, -0.1) is 0 Å². The van der Waals surface area contributed by atoms with Gasteiger partial charge in [0, 0.05) is 35.7 Å². The van der Waals surface area contributed by atoms with Crippen molar-refractivity contribution in [1.29, 1.82) is 0 Å². The Morgan fingerprint density at radius 1 is 0.969 bits per heavy atom. The van der Waals surface area contributed by atoms with Crippen molar-refractivity contribution < 1.29 is 18.4 Å². The summed E-state index contributed by atoms with van der Waals surface area (Å²) in [6.45, 7) is 2.28. The van der Waals surface area contributed by atoms with Crippen LogP contribution >= 0.6 is 0 Å². The van der Waals surface area contributed by atoms with E-state index in [0.29, 0.717) is 5.69 Å². The lowest BCUT2D eigenvalue weighted by Gasteiger charge is -2.17. The Kier molecular flexibility index (Phi) is 6.16. The van der Waals surface area contributed by atoms with Gasteiger partial charge < -0.3 is 15.5 Å². The SMILES string of the molecule is CC(Nc1ccc(NC(=O)C2CCN(c3cc(F)cc(F)c3)C2=O)cc1)c1ccccc1. The average molecular weight is 435 g/mol. The molecule has 0 bridgehead atoms. The lowest BCUT2D eigenvalue weighted by atomic mass is 10.1. The highest BCUT2D eigenvalue weighted by Gasteiger charge is 2.38. The van der Waals surface area contributed by atoms with Crippen molar-refractivity contribution in [3.8, 4) is 0 Å². The number of halogens is 2. The lowest BCUT2D eigenvalue weighted by molar-refractivity contribution is -0.129. The van der Waals surface area contributed by atoms with E-state index < -0.39 is 29.4 Å². The highest BCUT2D eigenvalue weighted by Crippen LogP contribution is 2.28. The number of rotatable bonds is 6. The van der Waals surface area contributed by atoms with Crippen molar-refractivity contribution in [2.75, 3.05) is 22.1 Å². The molecule has 0 spiro atoms. The van der Waals surface area contributed by atoms with Crippen LogP contribution in [0.1, 0.15) is 24.9 Å². The number of carbonyl (C=O) groups is 2. The van der Waals surface area contributed by atoms with E-state index in [9.17, 15) is 18.4 Å². The first-order chi connectivity index (χ1) is 15.4. The second-order valence-corrected chi connectivity index (χ2v) is 7.80. The Labute approximate surface area is 185 Å². The number of carbonyl (C=O) groups excluding carboxylic acids is 2. The third kappa shape index (κ3) is 4.77. The molecule has 1 saturated heterocycles. The van der Waals surface area contributed by atoms with E-state index in [2.05, 4.69) is 17.6 Å². The van der Waals surface area contributed by atoms with Crippen molar-refractivity contribution >= 4 is 28.9 Å². The van der Waals surface area contributed by atoms with Gasteiger partial charge in [0.1, 0.15) is 17.6 Å². The van der Waals surface area contributed by atoms with Crippen LogP contribution in [0.4, 0.5) is 25.8 Å². The maximum atomic E-state index is 13.5. The third-order valence-electron chi connectivity index (χ3n) is 5.52. The molecular weight excluding hydrogens is 412 g/mol. The minimum atomic E-state index is -0.905. The van der Waals surface area contributed by atoms with Crippen LogP contribution in [0, 0.1) is 17.6 Å². The van der Waals surface area contributed by atoms with E-state index in [-0.39, 0.29) is 24.7 Å². The van der Waals surface area contributed by atoms with Crippen LogP contribution in [-0.2, 0) is 9.59 Å². The summed E-state index contributed by atoms with van der Waals surface area (Å²) in [7, 11) is 0. The first-order valence-corrected chi connectivity index (χ1v) is 10.4. The number of benzene rings is 3. The molecule has 164 valence electrons. The third-order valence-corrected chi connectivity index (χ3v) is 5.52. The fourth-order valence-corrected chi connectivity index (χ4v) is 3.83. The predicted octanol–water partition coefficient (Wildman–Crippen LogP) is 5.13. The van der Waals surface area contributed by atoms with Crippen molar-refractivity contribution in [3.63, 3.8) is 0 Å². The van der Waals surface area contributed by atoms with Crippen LogP contribution in [0.25, 0.3) is 0 Å². The Morgan fingerprint density at radius 2 is 1.59 bits per heavy atom. The Morgan fingerprint density at radius 3 is 2.25 bits per heavy atom. The summed E-state index contributed by atoms with van der Waals surface area (Å²) in [5.41, 5.74) is 2.74. The molecule has 0 aliphatic carbocycles. The minimum Gasteiger partial charge on any atom is -0.379 e. The van der Waals surface area contributed by atoms with Crippen LogP contribution in [-0.4, -0.2) is 18.4 Å². The van der Waals surface area contributed by atoms with Gasteiger partial charge in [-0.3, -0.25) is 9.59 Å². The fraction of sp³-hybridized carbons (Fsp3) is 0.200. The Balaban J connectivity index is 1.37. The highest BCUT2D eigenvalue weighted by atomic mass is 19.1. The molecule has 1 aliphatic heterocycles. The topological polar surface area (TPSA) is 61.4 Å². The fourth-order valence-electron chi connectivity index (χ4n) is 3.83. The second-order valence-electron chi connectivity index (χ2n) is 7.80. The standard InChI is InChI=1S/C25H23F2N3O2/c1-16(17-5-3-2-4-6-17)28-20-7-9-21(10-8-20)29-24(31)23-11-12-30(25(23)32)22-14-18(26)13-19(27)15-22/h2-10,13-16,23,28H,11-12H2,1H3,(H,29,31). The number of nitrogens with zero attached hydrogens (tertiary/aromatic N) is 1. The molecule has 1 heterocycles. The lowest BCUT2D eigenvalue weighted by Crippen LogP contribution is -2.33. The molecule has 3 aromatic rings. The van der Waals surface area contributed by atoms with E-state index in [1.54, 1.807) is 12.1 Å². The molecule has 1 aliphatic rings. The molecule has 0 radical (unpaired) electrons. The quantitative estimate of drug-likeness (QED) is 0.528. The summed E-state index contributed by atoms with van der Waals surface area (Å²) < 4.78 is 27.0. The van der Waals surface area contributed by atoms with Crippen molar-refractivity contribution in [3.05, 3.63) is 90.0 Å². The van der Waals surface area contributed by atoms with Gasteiger partial charge in [-0.1, -0.05) is 30.3 Å². The number of amides is 2. The summed E-state index contributed by atoms with van der Waals surface area (Å²) in [5, 5.41) is 6.16. The molecule has 2 atom stereocenters. The Hall–Kier alpha value is -3.74. The minimum absolute atomic E-state index is 0.116. The molecular formula is C25H23F2N3O2. The molecule has 2 N–H and O–H groups in total. The van der Waals surface area contributed by atoms with Gasteiger partial charge in [-0.05, 0) is 55.3 Å². The van der Waals surface area contributed by atoms with Crippen LogP contribution < -0.4 is 15.5 Å². The molecule has 2 unspecified atom stereocenters. The molecule has 5 nitrogen and oxygen atoms in total. The zero-order valence-corrected chi connectivity index (χ0v) is 17.5. The van der Waals surface area contributed by atoms with Gasteiger partial charge >= 0.3 is 0 Å². The van der Waals surface area contributed by atoms with E-state index in [1.165, 1.54) is 4.90 Å². The molecule has 2 amide bonds. The molecule has 0 aromatic heterocycles. The van der Waals surface area contributed by atoms with Crippen molar-refractivity contribution in [1.82, 2.24) is 0 Å². The average Bonchev–Trinajstić information content (AvgIpc) is 3.16. The highest BCUT2D eigenvalue weighted by molar-refractivity contribution is 6.13. The maximum absolute atomic E-state index is 13.5. The van der Waals surface area contributed by atoms with Gasteiger partial charge in [0.05, 0.1) is 0 Å². The summed E-state index contributed by atoms with van der Waals surface area (Å²) in [5.74, 6) is -3.35. The van der Waals surface area contributed by atoms with Crippen molar-refractivity contribution in [2.24, 2.45) is 5.92 Å². The maximum Gasteiger partial charge on any atom is 0.239 e. The van der Waals surface area contributed by atoms with Gasteiger partial charge in [-0.25, -0.2) is 8.78 Å². The van der Waals surface area contributed by atoms with E-state index >= 15 is 0 Å². The van der Waals surface area contributed by atoms with E-state index in [0.717, 1.165) is 29.4 Å². The summed E-state index contributed by atoms with van der Waals surface area (Å²) in [4.78, 5) is 26.6. The predicted molar refractivity (Wildman–Crippen MR) is 120 cm³/mol. The van der Waals surface area contributed by atoms with Gasteiger partial charge in [-0.2, -0.15) is 0 Å². The first kappa shape index (κ1) is 21.5. The Bertz CT molecular complexity index is 1100. The second kappa shape index (κ2) is 9.18. The number of anilines is 3. The van der Waals surface area contributed by atoms with Crippen LogP contribution in [0.3, 0.4) is 0 Å². The summed E-state index contributed by atoms with van der Waals surface area (Å²) in [6.07, 6.45) is 0.275. The first-order valence-electron chi connectivity index (χ1n) is 10.4. The number of hydrogen-bond acceptors (Lipinski definition) is 3.